The highest BCUT2D eigenvalue weighted by atomic mass is 15.0. The van der Waals surface area contributed by atoms with Crippen LogP contribution in [0.15, 0.2) is 60.3 Å². The molecule has 0 radical (unpaired) electrons. The van der Waals surface area contributed by atoms with E-state index in [-0.39, 0.29) is 0 Å². The van der Waals surface area contributed by atoms with E-state index in [1.54, 1.807) is 7.05 Å². The zero-order valence-corrected chi connectivity index (χ0v) is 24.8. The zero-order valence-electron chi connectivity index (χ0n) is 24.8. The third-order valence-electron chi connectivity index (χ3n) is 6.44. The van der Waals surface area contributed by atoms with E-state index in [2.05, 4.69) is 75.0 Å². The number of hydrogen-bond donors (Lipinski definition) is 1. The summed E-state index contributed by atoms with van der Waals surface area (Å²) in [5, 5.41) is 0. The molecule has 4 heteroatoms. The number of pyridine rings is 1. The van der Waals surface area contributed by atoms with Crippen LogP contribution in [0.4, 0.5) is 0 Å². The van der Waals surface area contributed by atoms with Crippen molar-refractivity contribution in [1.29, 1.82) is 0 Å². The fourth-order valence-electron chi connectivity index (χ4n) is 4.38. The number of allylic oxidation sites excluding steroid dienone is 4. The number of rotatable bonds is 6. The molecule has 0 amide bonds. The zero-order chi connectivity index (χ0) is 28.0. The number of hydrogen-bond acceptors (Lipinski definition) is 4. The van der Waals surface area contributed by atoms with Gasteiger partial charge in [-0.25, -0.2) is 0 Å². The average molecular weight is 503 g/mol. The Morgan fingerprint density at radius 1 is 1.08 bits per heavy atom. The SMILES string of the molecule is C=C/C(=C\N(C)C)c1cccc(-c2nc(C)c(/C(C=NC)=C/C)cc2C)c1.CC.CC1CCC(N)CC1. The van der Waals surface area contributed by atoms with Crippen molar-refractivity contribution in [1.82, 2.24) is 9.88 Å². The number of nitrogens with zero attached hydrogens (tertiary/aromatic N) is 3. The number of aromatic nitrogens is 1. The van der Waals surface area contributed by atoms with Gasteiger partial charge in [0.1, 0.15) is 0 Å². The molecule has 1 aromatic heterocycles. The molecule has 0 spiro atoms. The minimum atomic E-state index is 0.520. The maximum Gasteiger partial charge on any atom is 0.0734 e. The Morgan fingerprint density at radius 2 is 1.73 bits per heavy atom. The lowest BCUT2D eigenvalue weighted by molar-refractivity contribution is 0.348. The van der Waals surface area contributed by atoms with Crippen LogP contribution in [0.1, 0.15) is 75.8 Å². The third kappa shape index (κ3) is 10.1. The fourth-order valence-corrected chi connectivity index (χ4v) is 4.38. The second kappa shape index (κ2) is 16.7. The van der Waals surface area contributed by atoms with Crippen LogP contribution in [-0.2, 0) is 0 Å². The highest BCUT2D eigenvalue weighted by Crippen LogP contribution is 2.29. The Bertz CT molecular complexity index is 1060. The normalized spacial score (nSPS) is 17.9. The first-order valence-electron chi connectivity index (χ1n) is 13.6. The largest absolute Gasteiger partial charge is 0.383 e. The van der Waals surface area contributed by atoms with Crippen LogP contribution in [0.5, 0.6) is 0 Å². The van der Waals surface area contributed by atoms with E-state index >= 15 is 0 Å². The quantitative estimate of drug-likeness (QED) is 0.321. The Labute approximate surface area is 227 Å². The van der Waals surface area contributed by atoms with E-state index in [0.717, 1.165) is 50.7 Å². The Kier molecular flexibility index (Phi) is 14.5. The molecule has 2 N–H and O–H groups in total. The average Bonchev–Trinajstić information content (AvgIpc) is 2.90. The summed E-state index contributed by atoms with van der Waals surface area (Å²) < 4.78 is 0. The van der Waals surface area contributed by atoms with E-state index in [9.17, 15) is 0 Å². The number of aliphatic imine (C=N–C) groups is 1. The van der Waals surface area contributed by atoms with Gasteiger partial charge < -0.3 is 10.6 Å². The smallest absolute Gasteiger partial charge is 0.0734 e. The number of nitrogens with two attached hydrogens (primary N) is 1. The van der Waals surface area contributed by atoms with E-state index in [4.69, 9.17) is 10.7 Å². The molecule has 202 valence electrons. The first kappa shape index (κ1) is 32.0. The van der Waals surface area contributed by atoms with Crippen molar-refractivity contribution in [3.05, 3.63) is 77.6 Å². The summed E-state index contributed by atoms with van der Waals surface area (Å²) in [6.45, 7) is 16.5. The molecule has 0 bridgehead atoms. The van der Waals surface area contributed by atoms with Crippen LogP contribution in [0.3, 0.4) is 0 Å². The molecule has 3 rings (SSSR count). The molecule has 1 aromatic carbocycles. The lowest BCUT2D eigenvalue weighted by atomic mass is 9.88. The molecule has 0 aliphatic heterocycles. The van der Waals surface area contributed by atoms with Crippen molar-refractivity contribution >= 4 is 17.4 Å². The van der Waals surface area contributed by atoms with E-state index in [1.807, 2.05) is 52.1 Å². The van der Waals surface area contributed by atoms with E-state index < -0.39 is 0 Å². The summed E-state index contributed by atoms with van der Waals surface area (Å²) in [6.07, 6.45) is 13.1. The first-order chi connectivity index (χ1) is 17.7. The molecule has 0 saturated heterocycles. The van der Waals surface area contributed by atoms with Gasteiger partial charge in [-0.3, -0.25) is 9.98 Å². The Balaban J connectivity index is 0.000000574. The van der Waals surface area contributed by atoms with Gasteiger partial charge >= 0.3 is 0 Å². The van der Waals surface area contributed by atoms with Gasteiger partial charge in [-0.2, -0.15) is 0 Å². The maximum atomic E-state index is 5.70. The van der Waals surface area contributed by atoms with Crippen molar-refractivity contribution in [3.63, 3.8) is 0 Å². The minimum Gasteiger partial charge on any atom is -0.383 e. The van der Waals surface area contributed by atoms with Crippen LogP contribution < -0.4 is 5.73 Å². The van der Waals surface area contributed by atoms with Gasteiger partial charge in [0, 0.05) is 56.4 Å². The third-order valence-corrected chi connectivity index (χ3v) is 6.44. The summed E-state index contributed by atoms with van der Waals surface area (Å²) in [5.41, 5.74) is 14.4. The minimum absolute atomic E-state index is 0.520. The van der Waals surface area contributed by atoms with Crippen molar-refractivity contribution in [3.8, 4) is 11.3 Å². The number of benzene rings is 1. The topological polar surface area (TPSA) is 54.5 Å². The van der Waals surface area contributed by atoms with Gasteiger partial charge in [0.05, 0.1) is 5.69 Å². The Morgan fingerprint density at radius 3 is 2.24 bits per heavy atom. The predicted molar refractivity (Wildman–Crippen MR) is 166 cm³/mol. The lowest BCUT2D eigenvalue weighted by Gasteiger charge is -2.22. The summed E-state index contributed by atoms with van der Waals surface area (Å²) in [7, 11) is 5.82. The Hall–Kier alpha value is -2.98. The molecule has 0 unspecified atom stereocenters. The summed E-state index contributed by atoms with van der Waals surface area (Å²) in [5.74, 6) is 0.940. The van der Waals surface area contributed by atoms with Crippen molar-refractivity contribution in [2.24, 2.45) is 16.6 Å². The highest BCUT2D eigenvalue weighted by molar-refractivity contribution is 6.10. The molecule has 1 saturated carbocycles. The molecule has 0 atom stereocenters. The maximum absolute atomic E-state index is 5.70. The molecule has 1 aliphatic carbocycles. The highest BCUT2D eigenvalue weighted by Gasteiger charge is 2.14. The summed E-state index contributed by atoms with van der Waals surface area (Å²) in [4.78, 5) is 11.1. The second-order valence-corrected chi connectivity index (χ2v) is 9.77. The first-order valence-corrected chi connectivity index (χ1v) is 13.6. The van der Waals surface area contributed by atoms with Crippen LogP contribution in [0.25, 0.3) is 22.4 Å². The second-order valence-electron chi connectivity index (χ2n) is 9.77. The van der Waals surface area contributed by atoms with Crippen LogP contribution >= 0.6 is 0 Å². The monoisotopic (exact) mass is 502 g/mol. The molecular formula is C33H50N4. The molecule has 1 aliphatic rings. The van der Waals surface area contributed by atoms with Gasteiger partial charge in [-0.05, 0) is 86.8 Å². The predicted octanol–water partition coefficient (Wildman–Crippen LogP) is 8.11. The van der Waals surface area contributed by atoms with Gasteiger partial charge in [0.15, 0.2) is 0 Å². The fraction of sp³-hybridized carbons (Fsp3) is 0.455. The molecule has 1 heterocycles. The lowest BCUT2D eigenvalue weighted by Crippen LogP contribution is -2.25. The summed E-state index contributed by atoms with van der Waals surface area (Å²) >= 11 is 0. The van der Waals surface area contributed by atoms with Gasteiger partial charge in [0.2, 0.25) is 0 Å². The standard InChI is InChI=1S/C24H29N3.C7H15N.C2H6/c1-8-19(15-25-5)23-13-17(3)24(26-18(23)4)22-12-10-11-21(14-22)20(9-2)16-27(6)7;1-6-2-4-7(8)5-3-6;1-2/h8-16H,2H2,1,3-7H3;6-7H,2-5,8H2,1H3;1-2H3/b19-8+,20-16+,25-15?;;. The van der Waals surface area contributed by atoms with Gasteiger partial charge in [0.25, 0.3) is 0 Å². The van der Waals surface area contributed by atoms with Crippen LogP contribution in [0.2, 0.25) is 0 Å². The van der Waals surface area contributed by atoms with Crippen LogP contribution in [-0.4, -0.2) is 43.3 Å². The van der Waals surface area contributed by atoms with Crippen molar-refractivity contribution in [2.75, 3.05) is 21.1 Å². The van der Waals surface area contributed by atoms with Gasteiger partial charge in [-0.1, -0.05) is 57.7 Å². The van der Waals surface area contributed by atoms with Crippen molar-refractivity contribution < 1.29 is 0 Å². The summed E-state index contributed by atoms with van der Waals surface area (Å²) in [6, 6.07) is 11.2. The molecule has 1 fully saturated rings. The molecular weight excluding hydrogens is 452 g/mol. The van der Waals surface area contributed by atoms with Crippen LogP contribution in [0, 0.1) is 19.8 Å². The van der Waals surface area contributed by atoms with Crippen molar-refractivity contribution in [2.45, 2.75) is 73.3 Å². The molecule has 4 nitrogen and oxygen atoms in total. The van der Waals surface area contributed by atoms with E-state index in [1.165, 1.54) is 25.7 Å². The number of aryl methyl sites for hydroxylation is 2. The van der Waals surface area contributed by atoms with E-state index in [0.29, 0.717) is 6.04 Å². The molecule has 37 heavy (non-hydrogen) atoms. The van der Waals surface area contributed by atoms with Gasteiger partial charge in [-0.15, -0.1) is 0 Å². The molecule has 2 aromatic rings.